The van der Waals surface area contributed by atoms with Gasteiger partial charge in [0.25, 0.3) is 5.91 Å². The lowest BCUT2D eigenvalue weighted by atomic mass is 9.92. The smallest absolute Gasteiger partial charge is 0.319 e. The molecule has 2 aliphatic carbocycles. The average Bonchev–Trinajstić information content (AvgIpc) is 3.34. The van der Waals surface area contributed by atoms with Crippen molar-refractivity contribution in [1.82, 2.24) is 10.6 Å². The summed E-state index contributed by atoms with van der Waals surface area (Å²) in [5.74, 6) is 0.805. The third kappa shape index (κ3) is 2.97. The van der Waals surface area contributed by atoms with Crippen LogP contribution in [0.2, 0.25) is 0 Å². The van der Waals surface area contributed by atoms with E-state index in [9.17, 15) is 9.59 Å². The van der Waals surface area contributed by atoms with E-state index in [4.69, 9.17) is 0 Å². The van der Waals surface area contributed by atoms with Gasteiger partial charge in [-0.2, -0.15) is 0 Å². The fraction of sp³-hybridized carbons (Fsp3) is 0.300. The van der Waals surface area contributed by atoms with E-state index >= 15 is 0 Å². The number of fused-ring (bicyclic) bond motifs is 3. The predicted molar refractivity (Wildman–Crippen MR) is 96.8 cm³/mol. The van der Waals surface area contributed by atoms with Gasteiger partial charge in [-0.05, 0) is 48.1 Å². The average molecular weight is 335 g/mol. The van der Waals surface area contributed by atoms with Crippen molar-refractivity contribution >= 4 is 17.6 Å². The fourth-order valence-corrected chi connectivity index (χ4v) is 3.96. The van der Waals surface area contributed by atoms with Gasteiger partial charge < -0.3 is 16.0 Å². The second-order valence-electron chi connectivity index (χ2n) is 6.71. The molecule has 3 N–H and O–H groups in total. The lowest BCUT2D eigenvalue weighted by molar-refractivity contribution is 0.0963. The zero-order valence-electron chi connectivity index (χ0n) is 14.1. The number of hydrogen-bond acceptors (Lipinski definition) is 2. The monoisotopic (exact) mass is 335 g/mol. The molecule has 5 heteroatoms. The van der Waals surface area contributed by atoms with Gasteiger partial charge in [-0.15, -0.1) is 0 Å². The maximum absolute atomic E-state index is 12.3. The third-order valence-corrected chi connectivity index (χ3v) is 5.24. The summed E-state index contributed by atoms with van der Waals surface area (Å²) >= 11 is 0. The Bertz CT molecular complexity index is 833. The molecule has 0 spiro atoms. The summed E-state index contributed by atoms with van der Waals surface area (Å²) in [6, 6.07) is 15.4. The molecule has 0 radical (unpaired) electrons. The first-order valence-electron chi connectivity index (χ1n) is 8.65. The van der Waals surface area contributed by atoms with Crippen LogP contribution >= 0.6 is 0 Å². The largest absolute Gasteiger partial charge is 0.355 e. The Labute approximate surface area is 146 Å². The first kappa shape index (κ1) is 15.7. The van der Waals surface area contributed by atoms with Crippen LogP contribution in [0, 0.1) is 5.92 Å². The van der Waals surface area contributed by atoms with Crippen LogP contribution in [0.3, 0.4) is 0 Å². The number of hydrogen-bond donors (Lipinski definition) is 3. The van der Waals surface area contributed by atoms with E-state index in [-0.39, 0.29) is 18.0 Å². The molecule has 1 saturated carbocycles. The van der Waals surface area contributed by atoms with Gasteiger partial charge in [0.05, 0.1) is 0 Å². The number of urea groups is 1. The van der Waals surface area contributed by atoms with Crippen LogP contribution in [0.1, 0.15) is 33.8 Å². The Morgan fingerprint density at radius 3 is 2.76 bits per heavy atom. The highest BCUT2D eigenvalue weighted by Crippen LogP contribution is 2.54. The van der Waals surface area contributed by atoms with E-state index in [1.165, 1.54) is 11.1 Å². The summed E-state index contributed by atoms with van der Waals surface area (Å²) in [6.07, 6.45) is 2.21. The van der Waals surface area contributed by atoms with E-state index in [0.29, 0.717) is 23.1 Å². The highest BCUT2D eigenvalue weighted by atomic mass is 16.2. The van der Waals surface area contributed by atoms with E-state index in [0.717, 1.165) is 12.8 Å². The van der Waals surface area contributed by atoms with Gasteiger partial charge >= 0.3 is 6.03 Å². The van der Waals surface area contributed by atoms with E-state index in [1.54, 1.807) is 31.3 Å². The number of carbonyl (C=O) groups excluding carboxylic acids is 2. The zero-order chi connectivity index (χ0) is 17.4. The number of amides is 3. The molecule has 1 fully saturated rings. The molecule has 3 atom stereocenters. The van der Waals surface area contributed by atoms with E-state index in [1.807, 2.05) is 0 Å². The van der Waals surface area contributed by atoms with Gasteiger partial charge in [0.15, 0.2) is 0 Å². The number of aryl methyl sites for hydroxylation is 1. The number of carbonyl (C=O) groups is 2. The van der Waals surface area contributed by atoms with E-state index in [2.05, 4.69) is 40.2 Å². The normalized spacial score (nSPS) is 23.0. The molecule has 128 valence electrons. The van der Waals surface area contributed by atoms with Crippen molar-refractivity contribution in [3.8, 4) is 0 Å². The Hall–Kier alpha value is -2.82. The standard InChI is InChI=1S/C20H21N3O2/c1-21-19(24)13-6-4-7-14(11-13)22-20(25)23-18-16-10-9-12-5-2-3-8-15(12)17(16)18/h2-8,11,16-18H,9-10H2,1H3,(H,21,24)(H2,22,23,25). The molecule has 2 aromatic rings. The lowest BCUT2D eigenvalue weighted by Gasteiger charge is -2.13. The van der Waals surface area contributed by atoms with Gasteiger partial charge in [0, 0.05) is 30.3 Å². The minimum Gasteiger partial charge on any atom is -0.355 e. The van der Waals surface area contributed by atoms with Gasteiger partial charge in [-0.3, -0.25) is 4.79 Å². The summed E-state index contributed by atoms with van der Waals surface area (Å²) in [7, 11) is 1.59. The van der Waals surface area contributed by atoms with E-state index < -0.39 is 0 Å². The second kappa shape index (κ2) is 6.24. The maximum atomic E-state index is 12.3. The van der Waals surface area contributed by atoms with Crippen molar-refractivity contribution in [2.75, 3.05) is 12.4 Å². The predicted octanol–water partition coefficient (Wildman–Crippen LogP) is 2.90. The Kier molecular flexibility index (Phi) is 3.92. The summed E-state index contributed by atoms with van der Waals surface area (Å²) in [4.78, 5) is 24.0. The molecule has 0 heterocycles. The van der Waals surface area contributed by atoms with Crippen molar-refractivity contribution in [2.24, 2.45) is 5.92 Å². The fourth-order valence-electron chi connectivity index (χ4n) is 3.96. The Morgan fingerprint density at radius 2 is 1.92 bits per heavy atom. The summed E-state index contributed by atoms with van der Waals surface area (Å²) < 4.78 is 0. The van der Waals surface area contributed by atoms with Crippen LogP contribution < -0.4 is 16.0 Å². The molecule has 5 nitrogen and oxygen atoms in total. The molecule has 2 aromatic carbocycles. The van der Waals surface area contributed by atoms with Crippen molar-refractivity contribution in [3.05, 3.63) is 65.2 Å². The summed E-state index contributed by atoms with van der Waals surface area (Å²) in [5, 5.41) is 8.51. The third-order valence-electron chi connectivity index (χ3n) is 5.24. The molecule has 3 amide bonds. The number of anilines is 1. The van der Waals surface area contributed by atoms with Crippen LogP contribution in [0.25, 0.3) is 0 Å². The highest BCUT2D eigenvalue weighted by molar-refractivity contribution is 5.96. The van der Waals surface area contributed by atoms with Crippen molar-refractivity contribution in [2.45, 2.75) is 24.8 Å². The molecular weight excluding hydrogens is 314 g/mol. The van der Waals surface area contributed by atoms with Crippen LogP contribution in [0.15, 0.2) is 48.5 Å². The van der Waals surface area contributed by atoms with Crippen LogP contribution in [-0.4, -0.2) is 25.0 Å². The topological polar surface area (TPSA) is 70.2 Å². The molecule has 0 saturated heterocycles. The van der Waals surface area contributed by atoms with Crippen LogP contribution in [0.4, 0.5) is 10.5 Å². The highest BCUT2D eigenvalue weighted by Gasteiger charge is 2.53. The van der Waals surface area contributed by atoms with Gasteiger partial charge in [0.2, 0.25) is 0 Å². The summed E-state index contributed by atoms with van der Waals surface area (Å²) in [5.41, 5.74) is 3.93. The van der Waals surface area contributed by atoms with Crippen LogP contribution in [0.5, 0.6) is 0 Å². The number of nitrogens with one attached hydrogen (secondary N) is 3. The van der Waals surface area contributed by atoms with Crippen molar-refractivity contribution in [3.63, 3.8) is 0 Å². The Balaban J connectivity index is 1.40. The zero-order valence-corrected chi connectivity index (χ0v) is 14.1. The second-order valence-corrected chi connectivity index (χ2v) is 6.71. The minimum absolute atomic E-state index is 0.172. The molecule has 25 heavy (non-hydrogen) atoms. The van der Waals surface area contributed by atoms with Gasteiger partial charge in [-0.1, -0.05) is 30.3 Å². The summed E-state index contributed by atoms with van der Waals surface area (Å²) in [6.45, 7) is 0. The first-order valence-corrected chi connectivity index (χ1v) is 8.65. The van der Waals surface area contributed by atoms with Gasteiger partial charge in [0.1, 0.15) is 0 Å². The molecule has 0 aliphatic heterocycles. The molecule has 0 bridgehead atoms. The minimum atomic E-state index is -0.217. The molecular formula is C20H21N3O2. The molecule has 2 aliphatic rings. The number of benzene rings is 2. The van der Waals surface area contributed by atoms with Gasteiger partial charge in [-0.25, -0.2) is 4.79 Å². The number of rotatable bonds is 3. The first-order chi connectivity index (χ1) is 12.2. The van der Waals surface area contributed by atoms with Crippen molar-refractivity contribution in [1.29, 1.82) is 0 Å². The van der Waals surface area contributed by atoms with Crippen LogP contribution in [-0.2, 0) is 6.42 Å². The lowest BCUT2D eigenvalue weighted by Crippen LogP contribution is -2.32. The Morgan fingerprint density at radius 1 is 1.08 bits per heavy atom. The van der Waals surface area contributed by atoms with Crippen molar-refractivity contribution < 1.29 is 9.59 Å². The SMILES string of the molecule is CNC(=O)c1cccc(NC(=O)NC2C3CCc4ccccc4C32)c1. The molecule has 0 aromatic heterocycles. The maximum Gasteiger partial charge on any atom is 0.319 e. The quantitative estimate of drug-likeness (QED) is 0.807. The molecule has 4 rings (SSSR count). The molecule has 3 unspecified atom stereocenters.